The normalized spacial score (nSPS) is 23.6. The summed E-state index contributed by atoms with van der Waals surface area (Å²) in [6.07, 6.45) is 5.20. The Morgan fingerprint density at radius 2 is 2.16 bits per heavy atom. The lowest BCUT2D eigenvalue weighted by atomic mass is 9.85. The largest absolute Gasteiger partial charge is 0.391 e. The van der Waals surface area contributed by atoms with Gasteiger partial charge >= 0.3 is 0 Å². The number of aromatic nitrogens is 1. The maximum atomic E-state index is 9.40. The second-order valence-corrected chi connectivity index (χ2v) is 6.46. The summed E-state index contributed by atoms with van der Waals surface area (Å²) >= 11 is 1.59. The standard InChI is InChI=1S/C14H24N2O2S/c1-10-6-4-5-7-12(10)16(2)14-15-11(9-18-3)13(8-17)19-14/h10,12,17H,4-9H2,1-3H3. The zero-order valence-corrected chi connectivity index (χ0v) is 12.9. The Balaban J connectivity index is 2.15. The van der Waals surface area contributed by atoms with Gasteiger partial charge in [-0.1, -0.05) is 31.1 Å². The molecule has 0 aromatic carbocycles. The van der Waals surface area contributed by atoms with Gasteiger partial charge in [0.1, 0.15) is 0 Å². The molecule has 1 aliphatic carbocycles. The van der Waals surface area contributed by atoms with Crippen LogP contribution in [0.25, 0.3) is 0 Å². The van der Waals surface area contributed by atoms with Gasteiger partial charge in [-0.25, -0.2) is 4.98 Å². The number of thiazole rings is 1. The maximum absolute atomic E-state index is 9.40. The molecule has 1 heterocycles. The highest BCUT2D eigenvalue weighted by Gasteiger charge is 2.27. The number of aliphatic hydroxyl groups is 1. The highest BCUT2D eigenvalue weighted by atomic mass is 32.1. The maximum Gasteiger partial charge on any atom is 0.185 e. The Hall–Kier alpha value is -0.650. The van der Waals surface area contributed by atoms with Crippen LogP contribution in [0.5, 0.6) is 0 Å². The number of ether oxygens (including phenoxy) is 1. The summed E-state index contributed by atoms with van der Waals surface area (Å²) in [7, 11) is 3.79. The van der Waals surface area contributed by atoms with Gasteiger partial charge in [0.25, 0.3) is 0 Å². The zero-order valence-electron chi connectivity index (χ0n) is 12.1. The molecular weight excluding hydrogens is 260 g/mol. The predicted molar refractivity (Wildman–Crippen MR) is 78.6 cm³/mol. The van der Waals surface area contributed by atoms with E-state index in [-0.39, 0.29) is 6.61 Å². The fourth-order valence-corrected chi connectivity index (χ4v) is 3.85. The van der Waals surface area contributed by atoms with E-state index in [0.717, 1.165) is 15.7 Å². The van der Waals surface area contributed by atoms with Crippen LogP contribution >= 0.6 is 11.3 Å². The lowest BCUT2D eigenvalue weighted by Crippen LogP contribution is -2.38. The number of hydrogen-bond donors (Lipinski definition) is 1. The van der Waals surface area contributed by atoms with Gasteiger partial charge in [-0.3, -0.25) is 0 Å². The van der Waals surface area contributed by atoms with Crippen molar-refractivity contribution in [2.24, 2.45) is 5.92 Å². The lowest BCUT2D eigenvalue weighted by molar-refractivity contribution is 0.179. The molecule has 2 atom stereocenters. The van der Waals surface area contributed by atoms with Gasteiger partial charge < -0.3 is 14.7 Å². The van der Waals surface area contributed by atoms with Crippen LogP contribution in [0.2, 0.25) is 0 Å². The van der Waals surface area contributed by atoms with Crippen LogP contribution in [0.1, 0.15) is 43.2 Å². The van der Waals surface area contributed by atoms with Crippen LogP contribution in [-0.4, -0.2) is 30.3 Å². The lowest BCUT2D eigenvalue weighted by Gasteiger charge is -2.36. The molecule has 1 fully saturated rings. The van der Waals surface area contributed by atoms with E-state index in [1.807, 2.05) is 0 Å². The van der Waals surface area contributed by atoms with Crippen LogP contribution in [0.15, 0.2) is 0 Å². The second kappa shape index (κ2) is 6.68. The van der Waals surface area contributed by atoms with Crippen molar-refractivity contribution in [1.29, 1.82) is 0 Å². The van der Waals surface area contributed by atoms with Gasteiger partial charge in [0.15, 0.2) is 5.13 Å². The molecule has 19 heavy (non-hydrogen) atoms. The number of methoxy groups -OCH3 is 1. The fourth-order valence-electron chi connectivity index (χ4n) is 2.91. The summed E-state index contributed by atoms with van der Waals surface area (Å²) in [5.74, 6) is 0.714. The Kier molecular flexibility index (Phi) is 5.19. The van der Waals surface area contributed by atoms with E-state index in [4.69, 9.17) is 4.74 Å². The van der Waals surface area contributed by atoms with E-state index >= 15 is 0 Å². The molecule has 0 spiro atoms. The van der Waals surface area contributed by atoms with Crippen LogP contribution in [0.4, 0.5) is 5.13 Å². The Morgan fingerprint density at radius 1 is 1.42 bits per heavy atom. The molecule has 1 N–H and O–H groups in total. The molecule has 2 unspecified atom stereocenters. The first-order valence-electron chi connectivity index (χ1n) is 6.98. The first-order valence-corrected chi connectivity index (χ1v) is 7.80. The number of rotatable bonds is 5. The van der Waals surface area contributed by atoms with E-state index in [1.54, 1.807) is 18.4 Å². The molecule has 0 saturated heterocycles. The molecule has 108 valence electrons. The van der Waals surface area contributed by atoms with Crippen LogP contribution in [0, 0.1) is 5.92 Å². The number of anilines is 1. The third-order valence-electron chi connectivity index (χ3n) is 4.06. The van der Waals surface area contributed by atoms with E-state index in [0.29, 0.717) is 18.6 Å². The van der Waals surface area contributed by atoms with Crippen LogP contribution < -0.4 is 4.90 Å². The monoisotopic (exact) mass is 284 g/mol. The smallest absolute Gasteiger partial charge is 0.185 e. The highest BCUT2D eigenvalue weighted by molar-refractivity contribution is 7.15. The Morgan fingerprint density at radius 3 is 2.79 bits per heavy atom. The quantitative estimate of drug-likeness (QED) is 0.903. The molecule has 1 aliphatic rings. The van der Waals surface area contributed by atoms with E-state index in [2.05, 4.69) is 23.9 Å². The number of nitrogens with zero attached hydrogens (tertiary/aromatic N) is 2. The summed E-state index contributed by atoms with van der Waals surface area (Å²) in [5, 5.41) is 10.4. The van der Waals surface area contributed by atoms with Gasteiger partial charge in [0.2, 0.25) is 0 Å². The van der Waals surface area contributed by atoms with Gasteiger partial charge in [-0.15, -0.1) is 0 Å². The van der Waals surface area contributed by atoms with Crippen LogP contribution in [-0.2, 0) is 18.0 Å². The van der Waals surface area contributed by atoms with Gasteiger partial charge in [-0.05, 0) is 18.8 Å². The van der Waals surface area contributed by atoms with Crippen molar-refractivity contribution in [3.63, 3.8) is 0 Å². The zero-order chi connectivity index (χ0) is 13.8. The third-order valence-corrected chi connectivity index (χ3v) is 5.23. The summed E-state index contributed by atoms with van der Waals surface area (Å²) in [6, 6.07) is 0.571. The SMILES string of the molecule is COCc1nc(N(C)C2CCCCC2C)sc1CO. The minimum atomic E-state index is 0.0461. The molecule has 0 bridgehead atoms. The van der Waals surface area contributed by atoms with Gasteiger partial charge in [0, 0.05) is 20.2 Å². The Bertz CT molecular complexity index is 408. The summed E-state index contributed by atoms with van der Waals surface area (Å²) in [5.41, 5.74) is 0.875. The van der Waals surface area contributed by atoms with Gasteiger partial charge in [0.05, 0.1) is 23.8 Å². The molecule has 0 radical (unpaired) electrons. The van der Waals surface area contributed by atoms with Crippen LogP contribution in [0.3, 0.4) is 0 Å². The first kappa shape index (κ1) is 14.8. The average Bonchev–Trinajstić information content (AvgIpc) is 2.82. The molecule has 0 amide bonds. The molecule has 1 aromatic rings. The minimum Gasteiger partial charge on any atom is -0.391 e. The van der Waals surface area contributed by atoms with Gasteiger partial charge in [-0.2, -0.15) is 0 Å². The summed E-state index contributed by atoms with van der Waals surface area (Å²) < 4.78 is 5.14. The highest BCUT2D eigenvalue weighted by Crippen LogP contribution is 2.33. The van der Waals surface area contributed by atoms with E-state index < -0.39 is 0 Å². The molecule has 0 aliphatic heterocycles. The number of aliphatic hydroxyl groups excluding tert-OH is 1. The molecule has 1 aromatic heterocycles. The van der Waals surface area contributed by atoms with Crippen molar-refractivity contribution in [3.05, 3.63) is 10.6 Å². The molecule has 1 saturated carbocycles. The average molecular weight is 284 g/mol. The molecular formula is C14H24N2O2S. The minimum absolute atomic E-state index is 0.0461. The molecule has 4 nitrogen and oxygen atoms in total. The molecule has 5 heteroatoms. The van der Waals surface area contributed by atoms with Crippen molar-refractivity contribution in [1.82, 2.24) is 4.98 Å². The van der Waals surface area contributed by atoms with Crippen molar-refractivity contribution in [3.8, 4) is 0 Å². The first-order chi connectivity index (χ1) is 9.17. The summed E-state index contributed by atoms with van der Waals surface area (Å²) in [6.45, 7) is 2.85. The molecule has 2 rings (SSSR count). The predicted octanol–water partition coefficient (Wildman–Crippen LogP) is 2.80. The van der Waals surface area contributed by atoms with Crippen molar-refractivity contribution < 1.29 is 9.84 Å². The second-order valence-electron chi connectivity index (χ2n) is 5.40. The van der Waals surface area contributed by atoms with E-state index in [1.165, 1.54) is 25.7 Å². The summed E-state index contributed by atoms with van der Waals surface area (Å²) in [4.78, 5) is 7.86. The number of hydrogen-bond acceptors (Lipinski definition) is 5. The van der Waals surface area contributed by atoms with Crippen molar-refractivity contribution >= 4 is 16.5 Å². The Labute approximate surface area is 119 Å². The third kappa shape index (κ3) is 3.27. The topological polar surface area (TPSA) is 45.6 Å². The van der Waals surface area contributed by atoms with E-state index in [9.17, 15) is 5.11 Å². The van der Waals surface area contributed by atoms with Crippen molar-refractivity contribution in [2.75, 3.05) is 19.1 Å². The fraction of sp³-hybridized carbons (Fsp3) is 0.786. The van der Waals surface area contributed by atoms with Crippen molar-refractivity contribution in [2.45, 2.75) is 51.9 Å².